The predicted octanol–water partition coefficient (Wildman–Crippen LogP) is 3.69. The molecule has 1 heterocycles. The molecule has 0 fully saturated rings. The molecule has 0 amide bonds. The molecule has 0 atom stereocenters. The van der Waals surface area contributed by atoms with Crippen molar-refractivity contribution in [3.05, 3.63) is 80.7 Å². The van der Waals surface area contributed by atoms with Gasteiger partial charge in [0.2, 0.25) is 0 Å². The minimum Gasteiger partial charge on any atom is -0.487 e. The van der Waals surface area contributed by atoms with Gasteiger partial charge in [-0.2, -0.15) is 0 Å². The Morgan fingerprint density at radius 1 is 1.07 bits per heavy atom. The second-order valence-corrected chi connectivity index (χ2v) is 6.56. The SMILES string of the molecule is CCOC(=O)c1ccc(OCc2c(Br)c(=O)n(-c3ccccc3)n2C)cc1. The second kappa shape index (κ2) is 8.26. The standard InChI is InChI=1S/C20H19BrN2O4/c1-3-26-20(25)14-9-11-16(12-10-14)27-13-17-18(21)19(24)23(22(17)2)15-7-5-4-6-8-15/h4-12H,3,13H2,1-2H3. The van der Waals surface area contributed by atoms with Crippen LogP contribution in [-0.2, 0) is 18.4 Å². The lowest BCUT2D eigenvalue weighted by Gasteiger charge is -2.11. The second-order valence-electron chi connectivity index (χ2n) is 5.77. The zero-order valence-corrected chi connectivity index (χ0v) is 16.6. The number of hydrogen-bond acceptors (Lipinski definition) is 4. The van der Waals surface area contributed by atoms with Crippen LogP contribution in [0.5, 0.6) is 5.75 Å². The highest BCUT2D eigenvalue weighted by Gasteiger charge is 2.17. The van der Waals surface area contributed by atoms with Crippen LogP contribution in [0.15, 0.2) is 63.9 Å². The monoisotopic (exact) mass is 430 g/mol. The van der Waals surface area contributed by atoms with E-state index < -0.39 is 0 Å². The van der Waals surface area contributed by atoms with Crippen molar-refractivity contribution in [1.82, 2.24) is 9.36 Å². The third-order valence-corrected chi connectivity index (χ3v) is 4.86. The molecule has 0 aliphatic carbocycles. The van der Waals surface area contributed by atoms with Gasteiger partial charge in [-0.15, -0.1) is 0 Å². The van der Waals surface area contributed by atoms with Gasteiger partial charge >= 0.3 is 5.97 Å². The molecule has 2 aromatic carbocycles. The van der Waals surface area contributed by atoms with Gasteiger partial charge in [0.15, 0.2) is 0 Å². The number of nitrogens with zero attached hydrogens (tertiary/aromatic N) is 2. The number of benzene rings is 2. The first-order valence-electron chi connectivity index (χ1n) is 8.44. The van der Waals surface area contributed by atoms with Crippen LogP contribution in [0.2, 0.25) is 0 Å². The molecule has 0 saturated heterocycles. The Balaban J connectivity index is 1.79. The zero-order chi connectivity index (χ0) is 19.4. The number of rotatable bonds is 6. The normalized spacial score (nSPS) is 10.6. The first-order chi connectivity index (χ1) is 13.0. The lowest BCUT2D eigenvalue weighted by atomic mass is 10.2. The molecule has 0 aliphatic rings. The van der Waals surface area contributed by atoms with E-state index in [1.165, 1.54) is 0 Å². The Morgan fingerprint density at radius 3 is 2.37 bits per heavy atom. The molecule has 140 valence electrons. The molecule has 0 radical (unpaired) electrons. The Morgan fingerprint density at radius 2 is 1.74 bits per heavy atom. The first-order valence-corrected chi connectivity index (χ1v) is 9.24. The highest BCUT2D eigenvalue weighted by atomic mass is 79.9. The summed E-state index contributed by atoms with van der Waals surface area (Å²) in [5.74, 6) is 0.226. The lowest BCUT2D eigenvalue weighted by Crippen LogP contribution is -2.19. The molecule has 0 bridgehead atoms. The van der Waals surface area contributed by atoms with Crippen molar-refractivity contribution < 1.29 is 14.3 Å². The molecule has 0 spiro atoms. The van der Waals surface area contributed by atoms with Gasteiger partial charge in [-0.05, 0) is 59.3 Å². The highest BCUT2D eigenvalue weighted by molar-refractivity contribution is 9.10. The number of aromatic nitrogens is 2. The lowest BCUT2D eigenvalue weighted by molar-refractivity contribution is 0.0526. The van der Waals surface area contributed by atoms with E-state index in [4.69, 9.17) is 9.47 Å². The summed E-state index contributed by atoms with van der Waals surface area (Å²) in [5.41, 5.74) is 1.79. The Bertz CT molecular complexity index is 991. The molecule has 27 heavy (non-hydrogen) atoms. The van der Waals surface area contributed by atoms with Crippen LogP contribution in [0.3, 0.4) is 0 Å². The molecule has 6 nitrogen and oxygen atoms in total. The Kier molecular flexibility index (Phi) is 5.81. The molecular formula is C20H19BrN2O4. The predicted molar refractivity (Wildman–Crippen MR) is 105 cm³/mol. The van der Waals surface area contributed by atoms with E-state index in [1.807, 2.05) is 37.4 Å². The van der Waals surface area contributed by atoms with E-state index in [0.29, 0.717) is 28.1 Å². The van der Waals surface area contributed by atoms with Crippen molar-refractivity contribution in [2.45, 2.75) is 13.5 Å². The van der Waals surface area contributed by atoms with E-state index in [9.17, 15) is 9.59 Å². The van der Waals surface area contributed by atoms with E-state index in [1.54, 1.807) is 40.6 Å². The minimum absolute atomic E-state index is 0.153. The Hall–Kier alpha value is -2.80. The fourth-order valence-corrected chi connectivity index (χ4v) is 3.22. The van der Waals surface area contributed by atoms with Gasteiger partial charge in [-0.3, -0.25) is 9.48 Å². The third-order valence-electron chi connectivity index (χ3n) is 4.07. The topological polar surface area (TPSA) is 62.5 Å². The van der Waals surface area contributed by atoms with Crippen LogP contribution >= 0.6 is 15.9 Å². The van der Waals surface area contributed by atoms with Crippen LogP contribution < -0.4 is 10.3 Å². The summed E-state index contributed by atoms with van der Waals surface area (Å²) in [5, 5.41) is 0. The molecule has 1 aromatic heterocycles. The van der Waals surface area contributed by atoms with Gasteiger partial charge < -0.3 is 9.47 Å². The van der Waals surface area contributed by atoms with Gasteiger partial charge in [0.05, 0.1) is 23.6 Å². The van der Waals surface area contributed by atoms with E-state index >= 15 is 0 Å². The van der Waals surface area contributed by atoms with Crippen molar-refractivity contribution in [3.8, 4) is 11.4 Å². The summed E-state index contributed by atoms with van der Waals surface area (Å²) in [6, 6.07) is 16.1. The van der Waals surface area contributed by atoms with Crippen molar-refractivity contribution in [1.29, 1.82) is 0 Å². The quantitative estimate of drug-likeness (QED) is 0.559. The fourth-order valence-electron chi connectivity index (χ4n) is 2.69. The van der Waals surface area contributed by atoms with E-state index in [2.05, 4.69) is 15.9 Å². The van der Waals surface area contributed by atoms with Crippen LogP contribution in [0.4, 0.5) is 0 Å². The fraction of sp³-hybridized carbons (Fsp3) is 0.200. The van der Waals surface area contributed by atoms with Crippen molar-refractivity contribution in [2.75, 3.05) is 6.61 Å². The zero-order valence-electron chi connectivity index (χ0n) is 15.0. The van der Waals surface area contributed by atoms with Crippen molar-refractivity contribution in [3.63, 3.8) is 0 Å². The van der Waals surface area contributed by atoms with Crippen molar-refractivity contribution in [2.24, 2.45) is 7.05 Å². The average Bonchev–Trinajstić information content (AvgIpc) is 2.90. The van der Waals surface area contributed by atoms with Gasteiger partial charge in [0, 0.05) is 7.05 Å². The number of halogens is 1. The third kappa shape index (κ3) is 3.98. The summed E-state index contributed by atoms with van der Waals surface area (Å²) in [6.07, 6.45) is 0. The maximum Gasteiger partial charge on any atom is 0.338 e. The Labute approximate surface area is 165 Å². The van der Waals surface area contributed by atoms with Gasteiger partial charge in [0.25, 0.3) is 5.56 Å². The minimum atomic E-state index is -0.367. The van der Waals surface area contributed by atoms with E-state index in [0.717, 1.165) is 5.69 Å². The first kappa shape index (κ1) is 19.0. The van der Waals surface area contributed by atoms with Crippen LogP contribution in [0.25, 0.3) is 5.69 Å². The summed E-state index contributed by atoms with van der Waals surface area (Å²) < 4.78 is 14.5. The molecule has 3 aromatic rings. The van der Waals surface area contributed by atoms with Crippen LogP contribution in [-0.4, -0.2) is 21.9 Å². The van der Waals surface area contributed by atoms with Crippen LogP contribution in [0.1, 0.15) is 23.0 Å². The molecule has 3 rings (SSSR count). The largest absolute Gasteiger partial charge is 0.487 e. The summed E-state index contributed by atoms with van der Waals surface area (Å²) >= 11 is 3.38. The molecule has 0 saturated carbocycles. The maximum absolute atomic E-state index is 12.6. The molecule has 0 N–H and O–H groups in total. The molecule has 0 aliphatic heterocycles. The number of hydrogen-bond donors (Lipinski definition) is 0. The van der Waals surface area contributed by atoms with Gasteiger partial charge in [-0.1, -0.05) is 18.2 Å². The molecule has 0 unspecified atom stereocenters. The van der Waals surface area contributed by atoms with E-state index in [-0.39, 0.29) is 18.1 Å². The number of ether oxygens (including phenoxy) is 2. The van der Waals surface area contributed by atoms with Gasteiger partial charge in [0.1, 0.15) is 16.8 Å². The van der Waals surface area contributed by atoms with Crippen molar-refractivity contribution >= 4 is 21.9 Å². The average molecular weight is 431 g/mol. The van der Waals surface area contributed by atoms with Crippen LogP contribution in [0, 0.1) is 0 Å². The summed E-state index contributed by atoms with van der Waals surface area (Å²) in [4.78, 5) is 24.3. The number of carbonyl (C=O) groups excluding carboxylic acids is 1. The maximum atomic E-state index is 12.6. The smallest absolute Gasteiger partial charge is 0.338 e. The number of carbonyl (C=O) groups is 1. The molecule has 7 heteroatoms. The summed E-state index contributed by atoms with van der Waals surface area (Å²) in [7, 11) is 1.81. The summed E-state index contributed by atoms with van der Waals surface area (Å²) in [6.45, 7) is 2.29. The number of para-hydroxylation sites is 1. The highest BCUT2D eigenvalue weighted by Crippen LogP contribution is 2.19. The molecular weight excluding hydrogens is 412 g/mol. The van der Waals surface area contributed by atoms with Gasteiger partial charge in [-0.25, -0.2) is 9.48 Å². The number of esters is 1.